The van der Waals surface area contributed by atoms with Crippen LogP contribution in [-0.2, 0) is 11.3 Å². The molecule has 3 rings (SSSR count). The van der Waals surface area contributed by atoms with Crippen molar-refractivity contribution in [2.24, 2.45) is 5.92 Å². The van der Waals surface area contributed by atoms with E-state index in [0.717, 1.165) is 15.6 Å². The summed E-state index contributed by atoms with van der Waals surface area (Å²) in [6.45, 7) is 2.83. The number of benzene rings is 1. The van der Waals surface area contributed by atoms with E-state index in [1.165, 1.54) is 25.9 Å². The zero-order valence-corrected chi connectivity index (χ0v) is 12.3. The van der Waals surface area contributed by atoms with Gasteiger partial charge in [-0.05, 0) is 33.5 Å². The molecule has 0 radical (unpaired) electrons. The number of halogens is 1. The molecule has 2 aliphatic heterocycles. The highest BCUT2D eigenvalue weighted by atomic mass is 79.9. The standard InChI is InChI=1S/C15H16BrNO2/c16-14-11(2-1-10-5-7-17-8-6-10)3-4-12-13(14)9-19-15(12)18/h1-4,10,17H,5-9H2/p+1. The molecule has 0 bridgehead atoms. The average molecular weight is 323 g/mol. The first kappa shape index (κ1) is 12.9. The number of cyclic esters (lactones) is 1. The van der Waals surface area contributed by atoms with Gasteiger partial charge in [-0.2, -0.15) is 0 Å². The number of quaternary nitrogens is 1. The van der Waals surface area contributed by atoms with Crippen LogP contribution in [0.3, 0.4) is 0 Å². The van der Waals surface area contributed by atoms with Crippen LogP contribution in [0.5, 0.6) is 0 Å². The maximum absolute atomic E-state index is 11.5. The summed E-state index contributed by atoms with van der Waals surface area (Å²) in [6.07, 6.45) is 6.97. The Kier molecular flexibility index (Phi) is 3.71. The average Bonchev–Trinajstić information content (AvgIpc) is 2.82. The molecule has 0 spiro atoms. The molecule has 1 aromatic rings. The second kappa shape index (κ2) is 5.47. The zero-order chi connectivity index (χ0) is 13.2. The second-order valence-corrected chi connectivity index (χ2v) is 5.93. The lowest BCUT2D eigenvalue weighted by Gasteiger charge is -2.16. The van der Waals surface area contributed by atoms with Gasteiger partial charge in [0.15, 0.2) is 0 Å². The lowest BCUT2D eigenvalue weighted by molar-refractivity contribution is -0.664. The van der Waals surface area contributed by atoms with Crippen molar-refractivity contribution < 1.29 is 14.8 Å². The molecule has 1 fully saturated rings. The summed E-state index contributed by atoms with van der Waals surface area (Å²) in [7, 11) is 0. The van der Waals surface area contributed by atoms with Crippen LogP contribution in [0.2, 0.25) is 0 Å². The minimum absolute atomic E-state index is 0.214. The van der Waals surface area contributed by atoms with E-state index in [0.29, 0.717) is 18.1 Å². The topological polar surface area (TPSA) is 42.9 Å². The number of rotatable bonds is 2. The van der Waals surface area contributed by atoms with Crippen molar-refractivity contribution in [1.29, 1.82) is 0 Å². The lowest BCUT2D eigenvalue weighted by Crippen LogP contribution is -2.86. The van der Waals surface area contributed by atoms with Gasteiger partial charge in [0.2, 0.25) is 0 Å². The fourth-order valence-corrected chi connectivity index (χ4v) is 3.29. The van der Waals surface area contributed by atoms with E-state index in [1.807, 2.05) is 12.1 Å². The molecule has 2 heterocycles. The minimum Gasteiger partial charge on any atom is -0.457 e. The van der Waals surface area contributed by atoms with E-state index in [4.69, 9.17) is 4.74 Å². The Hall–Kier alpha value is -1.13. The Morgan fingerprint density at radius 2 is 2.11 bits per heavy atom. The number of nitrogens with two attached hydrogens (primary N) is 1. The van der Waals surface area contributed by atoms with Gasteiger partial charge in [-0.1, -0.05) is 18.2 Å². The number of allylic oxidation sites excluding steroid dienone is 1. The summed E-state index contributed by atoms with van der Waals surface area (Å²) in [4.78, 5) is 11.5. The maximum Gasteiger partial charge on any atom is 0.338 e. The van der Waals surface area contributed by atoms with Crippen molar-refractivity contribution in [3.63, 3.8) is 0 Å². The summed E-state index contributed by atoms with van der Waals surface area (Å²) in [5, 5.41) is 2.37. The Bertz CT molecular complexity index is 533. The zero-order valence-electron chi connectivity index (χ0n) is 10.7. The van der Waals surface area contributed by atoms with Crippen molar-refractivity contribution in [3.8, 4) is 0 Å². The summed E-state index contributed by atoms with van der Waals surface area (Å²) < 4.78 is 6.05. The third-order valence-electron chi connectivity index (χ3n) is 3.87. The first-order valence-electron chi connectivity index (χ1n) is 6.74. The lowest BCUT2D eigenvalue weighted by atomic mass is 9.96. The molecule has 100 valence electrons. The summed E-state index contributed by atoms with van der Waals surface area (Å²) in [6, 6.07) is 3.85. The predicted octanol–water partition coefficient (Wildman–Crippen LogP) is 2.11. The SMILES string of the molecule is O=C1OCc2c1ccc(C=CC1CC[NH2+]CC1)c2Br. The third-order valence-corrected chi connectivity index (χ3v) is 4.81. The molecule has 1 saturated heterocycles. The van der Waals surface area contributed by atoms with Gasteiger partial charge in [-0.3, -0.25) is 0 Å². The molecule has 0 unspecified atom stereocenters. The van der Waals surface area contributed by atoms with Crippen LogP contribution in [0.15, 0.2) is 22.7 Å². The normalized spacial score (nSPS) is 19.7. The van der Waals surface area contributed by atoms with Crippen LogP contribution in [0, 0.1) is 5.92 Å². The van der Waals surface area contributed by atoms with E-state index in [1.54, 1.807) is 0 Å². The highest BCUT2D eigenvalue weighted by molar-refractivity contribution is 9.10. The van der Waals surface area contributed by atoms with Crippen molar-refractivity contribution >= 4 is 28.0 Å². The first-order valence-corrected chi connectivity index (χ1v) is 7.53. The van der Waals surface area contributed by atoms with Gasteiger partial charge in [0.25, 0.3) is 0 Å². The van der Waals surface area contributed by atoms with Crippen molar-refractivity contribution in [2.75, 3.05) is 13.1 Å². The van der Waals surface area contributed by atoms with Crippen LogP contribution in [0.25, 0.3) is 6.08 Å². The molecule has 2 N–H and O–H groups in total. The minimum atomic E-state index is -0.214. The molecule has 1 aromatic carbocycles. The van der Waals surface area contributed by atoms with Gasteiger partial charge in [0, 0.05) is 22.9 Å². The predicted molar refractivity (Wildman–Crippen MR) is 76.7 cm³/mol. The quantitative estimate of drug-likeness (QED) is 0.847. The number of carbonyl (C=O) groups excluding carboxylic acids is 1. The number of piperidine rings is 1. The van der Waals surface area contributed by atoms with E-state index in [9.17, 15) is 4.79 Å². The molecule has 3 nitrogen and oxygen atoms in total. The number of fused-ring (bicyclic) bond motifs is 1. The highest BCUT2D eigenvalue weighted by Crippen LogP contribution is 2.31. The monoisotopic (exact) mass is 322 g/mol. The number of hydrogen-bond acceptors (Lipinski definition) is 2. The molecule has 0 aliphatic carbocycles. The first-order chi connectivity index (χ1) is 9.25. The number of ether oxygens (including phenoxy) is 1. The molecule has 0 atom stereocenters. The van der Waals surface area contributed by atoms with Crippen molar-refractivity contribution in [3.05, 3.63) is 39.4 Å². The summed E-state index contributed by atoms with van der Waals surface area (Å²) >= 11 is 3.60. The Labute approximate surface area is 121 Å². The van der Waals surface area contributed by atoms with E-state index in [-0.39, 0.29) is 5.97 Å². The van der Waals surface area contributed by atoms with Crippen LogP contribution >= 0.6 is 15.9 Å². The third kappa shape index (κ3) is 2.60. The number of esters is 1. The fraction of sp³-hybridized carbons (Fsp3) is 0.400. The van der Waals surface area contributed by atoms with Gasteiger partial charge >= 0.3 is 5.97 Å². The number of hydrogen-bond donors (Lipinski definition) is 1. The highest BCUT2D eigenvalue weighted by Gasteiger charge is 2.24. The van der Waals surface area contributed by atoms with Crippen LogP contribution in [-0.4, -0.2) is 19.1 Å². The van der Waals surface area contributed by atoms with Gasteiger partial charge < -0.3 is 10.1 Å². The van der Waals surface area contributed by atoms with Crippen molar-refractivity contribution in [2.45, 2.75) is 19.4 Å². The molecule has 19 heavy (non-hydrogen) atoms. The van der Waals surface area contributed by atoms with Gasteiger partial charge in [0.1, 0.15) is 6.61 Å². The molecular formula is C15H17BrNO2+. The van der Waals surface area contributed by atoms with Crippen molar-refractivity contribution in [1.82, 2.24) is 0 Å². The van der Waals surface area contributed by atoms with Crippen LogP contribution in [0.4, 0.5) is 0 Å². The van der Waals surface area contributed by atoms with Gasteiger partial charge in [-0.25, -0.2) is 4.79 Å². The summed E-state index contributed by atoms with van der Waals surface area (Å²) in [5.41, 5.74) is 2.80. The number of carbonyl (C=O) groups is 1. The van der Waals surface area contributed by atoms with Gasteiger partial charge in [-0.15, -0.1) is 0 Å². The molecule has 0 aromatic heterocycles. The Morgan fingerprint density at radius 1 is 1.32 bits per heavy atom. The smallest absolute Gasteiger partial charge is 0.338 e. The Morgan fingerprint density at radius 3 is 2.89 bits per heavy atom. The second-order valence-electron chi connectivity index (χ2n) is 5.13. The van der Waals surface area contributed by atoms with E-state index in [2.05, 4.69) is 33.4 Å². The molecular weight excluding hydrogens is 306 g/mol. The maximum atomic E-state index is 11.5. The molecule has 0 saturated carbocycles. The molecule has 0 amide bonds. The van der Waals surface area contributed by atoms with Crippen LogP contribution < -0.4 is 5.32 Å². The fourth-order valence-electron chi connectivity index (χ4n) is 2.70. The Balaban J connectivity index is 1.82. The largest absolute Gasteiger partial charge is 0.457 e. The van der Waals surface area contributed by atoms with E-state index < -0.39 is 0 Å². The van der Waals surface area contributed by atoms with Crippen LogP contribution in [0.1, 0.15) is 34.3 Å². The van der Waals surface area contributed by atoms with Gasteiger partial charge in [0.05, 0.1) is 18.7 Å². The molecule has 2 aliphatic rings. The molecule has 4 heteroatoms. The van der Waals surface area contributed by atoms with E-state index >= 15 is 0 Å². The summed E-state index contributed by atoms with van der Waals surface area (Å²) in [5.74, 6) is 0.470.